The van der Waals surface area contributed by atoms with E-state index in [-0.39, 0.29) is 24.6 Å². The number of aromatic hydroxyl groups is 1. The first-order valence-electron chi connectivity index (χ1n) is 5.47. The topological polar surface area (TPSA) is 46.5 Å². The minimum Gasteiger partial charge on any atom is -0.508 e. The summed E-state index contributed by atoms with van der Waals surface area (Å²) in [6.45, 7) is 5.35. The number of hydrogen-bond donors (Lipinski definition) is 1. The number of aryl methyl sites for hydroxylation is 1. The Kier molecular flexibility index (Phi) is 4.10. The van der Waals surface area contributed by atoms with Crippen molar-refractivity contribution < 1.29 is 19.0 Å². The standard InChI is InChI=1S/C13H17FO3/c1-13(2,3)17-12(16)7-5-9-4-6-10(15)8-11(9)14/h4,6,8,15H,5,7H2,1-3H3. The zero-order valence-electron chi connectivity index (χ0n) is 10.3. The molecule has 0 heterocycles. The fourth-order valence-electron chi connectivity index (χ4n) is 1.37. The Morgan fingerprint density at radius 3 is 2.59 bits per heavy atom. The predicted octanol–water partition coefficient (Wildman–Crippen LogP) is 2.81. The van der Waals surface area contributed by atoms with Crippen LogP contribution in [0.5, 0.6) is 5.75 Å². The number of phenolic OH excluding ortho intramolecular Hbond substituents is 1. The van der Waals surface area contributed by atoms with Crippen LogP contribution in [0.25, 0.3) is 0 Å². The van der Waals surface area contributed by atoms with E-state index in [9.17, 15) is 9.18 Å². The largest absolute Gasteiger partial charge is 0.508 e. The fraction of sp³-hybridized carbons (Fsp3) is 0.462. The molecule has 3 nitrogen and oxygen atoms in total. The molecule has 0 aliphatic heterocycles. The molecule has 1 rings (SSSR count). The lowest BCUT2D eigenvalue weighted by molar-refractivity contribution is -0.154. The fourth-order valence-corrected chi connectivity index (χ4v) is 1.37. The summed E-state index contributed by atoms with van der Waals surface area (Å²) < 4.78 is 18.4. The van der Waals surface area contributed by atoms with Crippen molar-refractivity contribution in [2.24, 2.45) is 0 Å². The summed E-state index contributed by atoms with van der Waals surface area (Å²) in [6.07, 6.45) is 0.389. The highest BCUT2D eigenvalue weighted by Crippen LogP contribution is 2.17. The van der Waals surface area contributed by atoms with Gasteiger partial charge in [0, 0.05) is 12.5 Å². The van der Waals surface area contributed by atoms with Gasteiger partial charge in [-0.2, -0.15) is 0 Å². The van der Waals surface area contributed by atoms with Gasteiger partial charge in [-0.15, -0.1) is 0 Å². The molecular weight excluding hydrogens is 223 g/mol. The van der Waals surface area contributed by atoms with E-state index in [1.54, 1.807) is 20.8 Å². The molecule has 0 saturated carbocycles. The van der Waals surface area contributed by atoms with Crippen molar-refractivity contribution in [3.05, 3.63) is 29.6 Å². The molecule has 0 aliphatic rings. The quantitative estimate of drug-likeness (QED) is 0.826. The molecule has 0 aromatic heterocycles. The maximum Gasteiger partial charge on any atom is 0.306 e. The minimum atomic E-state index is -0.523. The zero-order valence-corrected chi connectivity index (χ0v) is 10.3. The van der Waals surface area contributed by atoms with Crippen molar-refractivity contribution in [2.45, 2.75) is 39.2 Å². The van der Waals surface area contributed by atoms with E-state index in [0.717, 1.165) is 6.07 Å². The van der Waals surface area contributed by atoms with Crippen molar-refractivity contribution in [3.63, 3.8) is 0 Å². The Hall–Kier alpha value is -1.58. The van der Waals surface area contributed by atoms with Crippen molar-refractivity contribution in [1.29, 1.82) is 0 Å². The van der Waals surface area contributed by atoms with Crippen LogP contribution in [-0.4, -0.2) is 16.7 Å². The Balaban J connectivity index is 2.53. The third kappa shape index (κ3) is 4.85. The number of ether oxygens (including phenoxy) is 1. The molecule has 0 saturated heterocycles. The molecule has 0 unspecified atom stereocenters. The van der Waals surface area contributed by atoms with Crippen molar-refractivity contribution in [3.8, 4) is 5.75 Å². The third-order valence-corrected chi connectivity index (χ3v) is 2.06. The molecule has 0 spiro atoms. The van der Waals surface area contributed by atoms with Crippen LogP contribution < -0.4 is 0 Å². The summed E-state index contributed by atoms with van der Waals surface area (Å²) in [5, 5.41) is 9.04. The number of carbonyl (C=O) groups excluding carboxylic acids is 1. The molecule has 94 valence electrons. The van der Waals surface area contributed by atoms with E-state index in [0.29, 0.717) is 5.56 Å². The molecular formula is C13H17FO3. The number of benzene rings is 1. The van der Waals surface area contributed by atoms with Crippen molar-refractivity contribution in [1.82, 2.24) is 0 Å². The third-order valence-electron chi connectivity index (χ3n) is 2.06. The van der Waals surface area contributed by atoms with Crippen LogP contribution in [0.1, 0.15) is 32.8 Å². The molecule has 1 aromatic rings. The smallest absolute Gasteiger partial charge is 0.306 e. The summed E-state index contributed by atoms with van der Waals surface area (Å²) in [5.74, 6) is -0.984. The average molecular weight is 240 g/mol. The maximum atomic E-state index is 13.3. The second kappa shape index (κ2) is 5.17. The molecule has 0 amide bonds. The highest BCUT2D eigenvalue weighted by Gasteiger charge is 2.16. The van der Waals surface area contributed by atoms with Crippen LogP contribution >= 0.6 is 0 Å². The van der Waals surface area contributed by atoms with Gasteiger partial charge in [-0.1, -0.05) is 6.07 Å². The highest BCUT2D eigenvalue weighted by atomic mass is 19.1. The number of hydrogen-bond acceptors (Lipinski definition) is 3. The second-order valence-electron chi connectivity index (χ2n) is 4.86. The minimum absolute atomic E-state index is 0.122. The summed E-state index contributed by atoms with van der Waals surface area (Å²) in [6, 6.07) is 3.90. The SMILES string of the molecule is CC(C)(C)OC(=O)CCc1ccc(O)cc1F. The normalized spacial score (nSPS) is 11.3. The van der Waals surface area contributed by atoms with Crippen LogP contribution in [0.15, 0.2) is 18.2 Å². The van der Waals surface area contributed by atoms with Gasteiger partial charge in [0.05, 0.1) is 0 Å². The van der Waals surface area contributed by atoms with E-state index in [1.807, 2.05) is 0 Å². The number of carbonyl (C=O) groups is 1. The van der Waals surface area contributed by atoms with Crippen LogP contribution in [-0.2, 0) is 16.0 Å². The molecule has 0 bridgehead atoms. The van der Waals surface area contributed by atoms with Gasteiger partial charge in [-0.25, -0.2) is 4.39 Å². The van der Waals surface area contributed by atoms with E-state index >= 15 is 0 Å². The first-order chi connectivity index (χ1) is 7.78. The van der Waals surface area contributed by atoms with Gasteiger partial charge >= 0.3 is 5.97 Å². The van der Waals surface area contributed by atoms with Gasteiger partial charge in [0.1, 0.15) is 17.2 Å². The number of rotatable bonds is 3. The Bertz CT molecular complexity index is 408. The Morgan fingerprint density at radius 2 is 2.06 bits per heavy atom. The van der Waals surface area contributed by atoms with E-state index < -0.39 is 11.4 Å². The second-order valence-corrected chi connectivity index (χ2v) is 4.86. The molecule has 1 aromatic carbocycles. The maximum absolute atomic E-state index is 13.3. The summed E-state index contributed by atoms with van der Waals surface area (Å²) in [7, 11) is 0. The Morgan fingerprint density at radius 1 is 1.41 bits per heavy atom. The average Bonchev–Trinajstić information content (AvgIpc) is 2.13. The molecule has 4 heteroatoms. The molecule has 17 heavy (non-hydrogen) atoms. The van der Waals surface area contributed by atoms with Crippen LogP contribution in [0.2, 0.25) is 0 Å². The number of halogens is 1. The number of phenols is 1. The zero-order chi connectivity index (χ0) is 13.1. The predicted molar refractivity (Wildman–Crippen MR) is 62.2 cm³/mol. The lowest BCUT2D eigenvalue weighted by Gasteiger charge is -2.19. The lowest BCUT2D eigenvalue weighted by Crippen LogP contribution is -2.24. The first-order valence-corrected chi connectivity index (χ1v) is 5.47. The van der Waals surface area contributed by atoms with Gasteiger partial charge in [-0.3, -0.25) is 4.79 Å². The van der Waals surface area contributed by atoms with Gasteiger partial charge in [0.25, 0.3) is 0 Å². The van der Waals surface area contributed by atoms with E-state index in [2.05, 4.69) is 0 Å². The monoisotopic (exact) mass is 240 g/mol. The lowest BCUT2D eigenvalue weighted by atomic mass is 10.1. The van der Waals surface area contributed by atoms with E-state index in [1.165, 1.54) is 12.1 Å². The Labute approximate surface area is 100 Å². The molecule has 0 aliphatic carbocycles. The molecule has 0 radical (unpaired) electrons. The van der Waals surface area contributed by atoms with Crippen LogP contribution in [0.3, 0.4) is 0 Å². The van der Waals surface area contributed by atoms with Gasteiger partial charge in [0.15, 0.2) is 0 Å². The summed E-state index contributed by atoms with van der Waals surface area (Å²) in [4.78, 5) is 11.4. The summed E-state index contributed by atoms with van der Waals surface area (Å²) >= 11 is 0. The van der Waals surface area contributed by atoms with Gasteiger partial charge < -0.3 is 9.84 Å². The van der Waals surface area contributed by atoms with Gasteiger partial charge in [0.2, 0.25) is 0 Å². The van der Waals surface area contributed by atoms with Crippen LogP contribution in [0, 0.1) is 5.82 Å². The van der Waals surface area contributed by atoms with Crippen LogP contribution in [0.4, 0.5) is 4.39 Å². The molecule has 0 fully saturated rings. The first kappa shape index (κ1) is 13.5. The van der Waals surface area contributed by atoms with Crippen molar-refractivity contribution in [2.75, 3.05) is 0 Å². The van der Waals surface area contributed by atoms with Gasteiger partial charge in [-0.05, 0) is 38.8 Å². The number of esters is 1. The molecule has 0 atom stereocenters. The highest BCUT2D eigenvalue weighted by molar-refractivity contribution is 5.70. The van der Waals surface area contributed by atoms with Crippen molar-refractivity contribution >= 4 is 5.97 Å². The summed E-state index contributed by atoms with van der Waals surface area (Å²) in [5.41, 5.74) is -0.126. The molecule has 1 N–H and O–H groups in total. The van der Waals surface area contributed by atoms with E-state index in [4.69, 9.17) is 9.84 Å².